The van der Waals surface area contributed by atoms with E-state index in [4.69, 9.17) is 0 Å². The van der Waals surface area contributed by atoms with Crippen LogP contribution in [-0.2, 0) is 36.7 Å². The first-order valence-electron chi connectivity index (χ1n) is 30.8. The number of rotatable bonds is 24. The van der Waals surface area contributed by atoms with Crippen LogP contribution in [0.4, 0.5) is 34.9 Å². The van der Waals surface area contributed by atoms with Crippen molar-refractivity contribution < 1.29 is 51.4 Å². The van der Waals surface area contributed by atoms with Crippen LogP contribution in [0.5, 0.6) is 0 Å². The largest absolute Gasteiger partial charge is 0.417 e. The molecule has 3 saturated heterocycles. The topological polar surface area (TPSA) is 258 Å². The van der Waals surface area contributed by atoms with E-state index in [2.05, 4.69) is 46.1 Å². The van der Waals surface area contributed by atoms with Crippen molar-refractivity contribution in [2.75, 3.05) is 74.5 Å². The Bertz CT molecular complexity index is 3380. The number of hydrogen-bond acceptors (Lipinski definition) is 15. The zero-order valence-corrected chi connectivity index (χ0v) is 53.0. The van der Waals surface area contributed by atoms with Crippen molar-refractivity contribution in [3.8, 4) is 21.6 Å². The average Bonchev–Trinajstić information content (AvgIpc) is 1.08. The van der Waals surface area contributed by atoms with Gasteiger partial charge in [0.2, 0.25) is 41.0 Å². The molecule has 0 bridgehead atoms. The number of likely N-dealkylation sites (tertiary alicyclic amines) is 1. The smallest absolute Gasteiger partial charge is 0.391 e. The number of aryl methyl sites for hydroxylation is 1. The number of benzene rings is 2. The number of aromatic amines is 1. The molecule has 6 heterocycles. The highest BCUT2D eigenvalue weighted by molar-refractivity contribution is 7.13. The number of anilines is 3. The summed E-state index contributed by atoms with van der Waals surface area (Å²) < 4.78 is 58.2. The van der Waals surface area contributed by atoms with Gasteiger partial charge in [0.1, 0.15) is 17.9 Å². The van der Waals surface area contributed by atoms with Crippen LogP contribution in [0.15, 0.2) is 71.4 Å². The molecule has 3 aromatic heterocycles. The van der Waals surface area contributed by atoms with Gasteiger partial charge >= 0.3 is 6.18 Å². The minimum Gasteiger partial charge on any atom is -0.391 e. The summed E-state index contributed by atoms with van der Waals surface area (Å²) in [6, 6.07) is 8.99. The molecule has 0 spiro atoms. The standard InChI is InChI=1S/C64H83F4N13O8S/c1-39-35-80(36-40(2)77(39)7)51-30-49(65)46(28-50(51)75-59(87)47-34-70-55(85)29-48(47)64(66,67)68)44-32-72-62(73-33-44)79-25-23-78(24-26-79)56(86)21-20-53(83)69-22-14-12-10-8-9-11-13-15-54(84)76-58(63(4,5)6)61(89)81-37-45(82)27-52(81)60(88)71-31-42-16-18-43(19-17-42)57-41(3)74-38-90-57/h16-19,28-30,32-34,38-40,45,52,58,82H,8-15,20-27,31,35-37H2,1-7H3,(H,69,83)(H,70,85)(H,71,88)(H,75,87)(H,76,84)/t39-,40+,45-,52+,58?/m1/s1. The number of aromatic nitrogens is 4. The van der Waals surface area contributed by atoms with Crippen LogP contribution in [0.2, 0.25) is 0 Å². The fourth-order valence-corrected chi connectivity index (χ4v) is 12.4. The summed E-state index contributed by atoms with van der Waals surface area (Å²) >= 11 is 1.56. The van der Waals surface area contributed by atoms with Gasteiger partial charge in [0, 0.05) is 132 Å². The van der Waals surface area contributed by atoms with Crippen molar-refractivity contribution >= 4 is 64.1 Å². The number of pyridine rings is 1. The number of carbonyl (C=O) groups excluding carboxylic acids is 6. The molecule has 6 amide bonds. The summed E-state index contributed by atoms with van der Waals surface area (Å²) in [4.78, 5) is 118. The number of amides is 6. The lowest BCUT2D eigenvalue weighted by Crippen LogP contribution is -2.57. The summed E-state index contributed by atoms with van der Waals surface area (Å²) in [5.74, 6) is -2.90. The Kier molecular flexibility index (Phi) is 22.9. The molecular weight excluding hydrogens is 1190 g/mol. The molecule has 0 saturated carbocycles. The number of carbonyl (C=O) groups is 6. The van der Waals surface area contributed by atoms with Crippen molar-refractivity contribution in [2.24, 2.45) is 5.41 Å². The first kappa shape index (κ1) is 68.1. The molecule has 8 rings (SSSR count). The van der Waals surface area contributed by atoms with E-state index in [-0.39, 0.29) is 97.0 Å². The van der Waals surface area contributed by atoms with Crippen molar-refractivity contribution in [3.05, 3.63) is 105 Å². The zero-order valence-electron chi connectivity index (χ0n) is 52.2. The number of unbranched alkanes of at least 4 members (excludes halogenated alkanes) is 6. The van der Waals surface area contributed by atoms with Crippen LogP contribution in [0, 0.1) is 18.2 Å². The molecule has 5 aromatic rings. The molecular formula is C64H83F4N13O8S. The highest BCUT2D eigenvalue weighted by atomic mass is 32.1. The van der Waals surface area contributed by atoms with Crippen LogP contribution in [-0.4, -0.2) is 165 Å². The number of nitrogens with one attached hydrogen (secondary N) is 5. The second kappa shape index (κ2) is 30.3. The Labute approximate surface area is 525 Å². The number of nitrogens with zero attached hydrogens (tertiary/aromatic N) is 8. The highest BCUT2D eigenvalue weighted by Crippen LogP contribution is 2.38. The van der Waals surface area contributed by atoms with Crippen molar-refractivity contribution in [3.63, 3.8) is 0 Å². The van der Waals surface area contributed by atoms with Crippen LogP contribution in [0.25, 0.3) is 21.6 Å². The Morgan fingerprint density at radius 1 is 0.789 bits per heavy atom. The normalized spacial score (nSPS) is 18.5. The van der Waals surface area contributed by atoms with E-state index in [0.717, 1.165) is 60.2 Å². The number of alkyl halides is 3. The molecule has 3 aliphatic rings. The Balaban J connectivity index is 0.707. The van der Waals surface area contributed by atoms with Gasteiger partial charge in [-0.3, -0.25) is 38.5 Å². The number of aliphatic hydroxyl groups is 1. The maximum Gasteiger partial charge on any atom is 0.417 e. The Morgan fingerprint density at radius 2 is 1.44 bits per heavy atom. The lowest BCUT2D eigenvalue weighted by molar-refractivity contribution is -0.144. The SMILES string of the molecule is Cc1ncsc1-c1ccc(CNC(=O)[C@@H]2C[C@@H](O)CN2C(=O)C(NC(=O)CCCCCCCCCNC(=O)CCC(=O)N2CCN(c3ncc(-c4cc(NC(=O)c5c[nH]c(=O)cc5C(F)(F)F)c(N5C[C@@H](C)N(C)[C@@H](C)C5)cc4F)cn3)CC2)C(C)(C)C)cc1. The van der Waals surface area contributed by atoms with Crippen molar-refractivity contribution in [1.29, 1.82) is 0 Å². The first-order valence-corrected chi connectivity index (χ1v) is 31.7. The van der Waals surface area contributed by atoms with Gasteiger partial charge in [-0.05, 0) is 69.3 Å². The number of piperazine rings is 2. The van der Waals surface area contributed by atoms with E-state index in [1.807, 2.05) is 82.7 Å². The molecule has 3 fully saturated rings. The number of halogens is 4. The van der Waals surface area contributed by atoms with E-state index >= 15 is 4.39 Å². The van der Waals surface area contributed by atoms with Crippen LogP contribution in [0.3, 0.4) is 0 Å². The van der Waals surface area contributed by atoms with Crippen molar-refractivity contribution in [2.45, 2.75) is 155 Å². The van der Waals surface area contributed by atoms with Gasteiger partial charge in [-0.25, -0.2) is 19.3 Å². The summed E-state index contributed by atoms with van der Waals surface area (Å²) in [6.07, 6.45) is 4.03. The minimum atomic E-state index is -5.01. The number of H-pyrrole nitrogens is 1. The first-order chi connectivity index (χ1) is 42.7. The average molecular weight is 1270 g/mol. The maximum absolute atomic E-state index is 16.2. The maximum atomic E-state index is 16.2. The fraction of sp³-hybridized carbons (Fsp3) is 0.531. The number of hydrogen-bond donors (Lipinski definition) is 6. The summed E-state index contributed by atoms with van der Waals surface area (Å²) in [6.45, 7) is 14.6. The number of thiazole rings is 1. The minimum absolute atomic E-state index is 0.00693. The molecule has 3 aliphatic heterocycles. The molecule has 6 N–H and O–H groups in total. The molecule has 21 nitrogen and oxygen atoms in total. The molecule has 26 heteroatoms. The number of likely N-dealkylation sites (N-methyl/N-ethyl adjacent to an activating group) is 1. The quantitative estimate of drug-likeness (QED) is 0.0256. The number of aliphatic hydroxyl groups excluding tert-OH is 1. The third-order valence-electron chi connectivity index (χ3n) is 17.1. The molecule has 2 aromatic carbocycles. The van der Waals surface area contributed by atoms with Gasteiger partial charge in [0.05, 0.1) is 44.7 Å². The summed E-state index contributed by atoms with van der Waals surface area (Å²) in [5, 5.41) is 22.0. The number of β-amino-alcohol motifs (C(OH)–C–C–N with tert-alkyl or cyclic N) is 1. The second-order valence-electron chi connectivity index (χ2n) is 24.9. The molecule has 5 atom stereocenters. The van der Waals surface area contributed by atoms with Gasteiger partial charge in [-0.2, -0.15) is 13.2 Å². The molecule has 1 unspecified atom stereocenters. The third kappa shape index (κ3) is 17.8. The molecule has 90 heavy (non-hydrogen) atoms. The predicted molar refractivity (Wildman–Crippen MR) is 336 cm³/mol. The van der Waals surface area contributed by atoms with Gasteiger partial charge in [-0.15, -0.1) is 11.3 Å². The summed E-state index contributed by atoms with van der Waals surface area (Å²) in [7, 11) is 1.96. The van der Waals surface area contributed by atoms with Gasteiger partial charge in [0.25, 0.3) is 5.91 Å². The van der Waals surface area contributed by atoms with Crippen LogP contribution >= 0.6 is 11.3 Å². The lowest BCUT2D eigenvalue weighted by Gasteiger charge is -2.44. The van der Waals surface area contributed by atoms with E-state index < -0.39 is 64.1 Å². The summed E-state index contributed by atoms with van der Waals surface area (Å²) in [5.41, 5.74) is 1.28. The Morgan fingerprint density at radius 3 is 2.08 bits per heavy atom. The van der Waals surface area contributed by atoms with Gasteiger partial charge in [-0.1, -0.05) is 77.1 Å². The molecule has 0 aliphatic carbocycles. The monoisotopic (exact) mass is 1270 g/mol. The van der Waals surface area contributed by atoms with Gasteiger partial charge < -0.3 is 51.0 Å². The molecule has 0 radical (unpaired) electrons. The van der Waals surface area contributed by atoms with E-state index in [1.54, 1.807) is 21.7 Å². The van der Waals surface area contributed by atoms with Gasteiger partial charge in [0.15, 0.2) is 0 Å². The lowest BCUT2D eigenvalue weighted by atomic mass is 9.85. The zero-order chi connectivity index (χ0) is 65.0. The van der Waals surface area contributed by atoms with Crippen LogP contribution in [0.1, 0.15) is 132 Å². The third-order valence-corrected chi connectivity index (χ3v) is 18.0. The van der Waals surface area contributed by atoms with E-state index in [0.29, 0.717) is 70.4 Å². The fourth-order valence-electron chi connectivity index (χ4n) is 11.6. The Hall–Kier alpha value is -7.84. The van der Waals surface area contributed by atoms with E-state index in [9.17, 15) is 51.8 Å². The van der Waals surface area contributed by atoms with Crippen LogP contribution < -0.4 is 36.6 Å². The second-order valence-corrected chi connectivity index (χ2v) is 25.7. The van der Waals surface area contributed by atoms with Crippen molar-refractivity contribution in [1.82, 2.24) is 50.6 Å². The predicted octanol–water partition coefficient (Wildman–Crippen LogP) is 7.68. The van der Waals surface area contributed by atoms with E-state index in [1.165, 1.54) is 29.4 Å². The highest BCUT2D eigenvalue weighted by Gasteiger charge is 2.45. The molecule has 486 valence electrons.